The van der Waals surface area contributed by atoms with Crippen molar-refractivity contribution >= 4 is 5.97 Å². The number of esters is 1. The first kappa shape index (κ1) is 12.4. The molecule has 0 saturated carbocycles. The van der Waals surface area contributed by atoms with Crippen molar-refractivity contribution in [3.63, 3.8) is 0 Å². The molecule has 0 N–H and O–H groups in total. The Labute approximate surface area is 79.2 Å². The van der Waals surface area contributed by atoms with Gasteiger partial charge in [0.05, 0.1) is 19.6 Å². The highest BCUT2D eigenvalue weighted by atomic mass is 16.7. The van der Waals surface area contributed by atoms with Crippen LogP contribution in [0.2, 0.25) is 0 Å². The molecule has 0 spiro atoms. The summed E-state index contributed by atoms with van der Waals surface area (Å²) in [5.41, 5.74) is 0. The van der Waals surface area contributed by atoms with Gasteiger partial charge in [-0.3, -0.25) is 4.79 Å². The highest BCUT2D eigenvalue weighted by Crippen LogP contribution is 2.02. The maximum absolute atomic E-state index is 10.9. The molecule has 0 radical (unpaired) electrons. The summed E-state index contributed by atoms with van der Waals surface area (Å²) in [7, 11) is 1.37. The lowest BCUT2D eigenvalue weighted by Gasteiger charge is -2.15. The van der Waals surface area contributed by atoms with Crippen LogP contribution < -0.4 is 0 Å². The third-order valence-corrected chi connectivity index (χ3v) is 1.59. The molecule has 0 fully saturated rings. The minimum absolute atomic E-state index is 0.243. The molecule has 0 aliphatic rings. The van der Waals surface area contributed by atoms with E-state index in [2.05, 4.69) is 4.74 Å². The van der Waals surface area contributed by atoms with Crippen LogP contribution in [0.3, 0.4) is 0 Å². The Bertz CT molecular complexity index is 147. The molecule has 2 atom stereocenters. The average molecular weight is 190 g/mol. The first-order chi connectivity index (χ1) is 6.11. The Morgan fingerprint density at radius 1 is 1.31 bits per heavy atom. The van der Waals surface area contributed by atoms with Crippen molar-refractivity contribution in [1.29, 1.82) is 0 Å². The van der Waals surface area contributed by atoms with Gasteiger partial charge in [-0.05, 0) is 20.8 Å². The van der Waals surface area contributed by atoms with Gasteiger partial charge in [-0.1, -0.05) is 0 Å². The summed E-state index contributed by atoms with van der Waals surface area (Å²) in [6.07, 6.45) is -0.267. The molecule has 0 aliphatic carbocycles. The summed E-state index contributed by atoms with van der Waals surface area (Å²) < 4.78 is 14.9. The molecule has 0 saturated heterocycles. The van der Waals surface area contributed by atoms with E-state index >= 15 is 0 Å². The molecule has 0 aromatic carbocycles. The summed E-state index contributed by atoms with van der Waals surface area (Å²) >= 11 is 0. The maximum atomic E-state index is 10.9. The molecule has 4 heteroatoms. The molecule has 78 valence electrons. The van der Waals surface area contributed by atoms with Crippen LogP contribution in [-0.2, 0) is 19.0 Å². The van der Waals surface area contributed by atoms with E-state index in [1.165, 1.54) is 7.11 Å². The van der Waals surface area contributed by atoms with E-state index in [0.29, 0.717) is 13.2 Å². The van der Waals surface area contributed by atoms with Crippen LogP contribution >= 0.6 is 0 Å². The van der Waals surface area contributed by atoms with Crippen molar-refractivity contribution in [2.24, 2.45) is 5.92 Å². The quantitative estimate of drug-likeness (QED) is 0.466. The minimum atomic E-state index is -0.267. The van der Waals surface area contributed by atoms with Gasteiger partial charge in [-0.2, -0.15) is 0 Å². The first-order valence-corrected chi connectivity index (χ1v) is 4.42. The van der Waals surface area contributed by atoms with Crippen LogP contribution in [0.15, 0.2) is 0 Å². The first-order valence-electron chi connectivity index (χ1n) is 4.42. The van der Waals surface area contributed by atoms with Crippen LogP contribution in [0, 0.1) is 5.92 Å². The van der Waals surface area contributed by atoms with Crippen LogP contribution in [0.5, 0.6) is 0 Å². The van der Waals surface area contributed by atoms with Crippen molar-refractivity contribution in [1.82, 2.24) is 0 Å². The minimum Gasteiger partial charge on any atom is -0.469 e. The second kappa shape index (κ2) is 6.86. The van der Waals surface area contributed by atoms with E-state index in [0.717, 1.165) is 0 Å². The monoisotopic (exact) mass is 190 g/mol. The lowest BCUT2D eigenvalue weighted by atomic mass is 10.2. The molecule has 0 aromatic heterocycles. The van der Waals surface area contributed by atoms with Gasteiger partial charge in [-0.25, -0.2) is 0 Å². The van der Waals surface area contributed by atoms with Gasteiger partial charge in [-0.15, -0.1) is 0 Å². The van der Waals surface area contributed by atoms with E-state index in [9.17, 15) is 4.79 Å². The molecular formula is C9H18O4. The number of ether oxygens (including phenoxy) is 3. The molecule has 13 heavy (non-hydrogen) atoms. The van der Waals surface area contributed by atoms with E-state index in [-0.39, 0.29) is 18.2 Å². The summed E-state index contributed by atoms with van der Waals surface area (Å²) in [6.45, 7) is 6.38. The normalized spacial score (nSPS) is 15.1. The Hall–Kier alpha value is -0.610. The van der Waals surface area contributed by atoms with Gasteiger partial charge >= 0.3 is 5.97 Å². The number of carbonyl (C=O) groups is 1. The summed E-state index contributed by atoms with van der Waals surface area (Å²) in [5, 5.41) is 0. The zero-order valence-corrected chi connectivity index (χ0v) is 8.70. The lowest BCUT2D eigenvalue weighted by molar-refractivity contribution is -0.158. The molecule has 4 nitrogen and oxygen atoms in total. The second-order valence-corrected chi connectivity index (χ2v) is 2.78. The molecule has 0 bridgehead atoms. The third-order valence-electron chi connectivity index (χ3n) is 1.59. The maximum Gasteiger partial charge on any atom is 0.310 e. The summed E-state index contributed by atoms with van der Waals surface area (Å²) in [5.74, 6) is -0.503. The van der Waals surface area contributed by atoms with Crippen molar-refractivity contribution in [3.05, 3.63) is 0 Å². The molecule has 0 heterocycles. The fourth-order valence-corrected chi connectivity index (χ4v) is 0.832. The molecule has 0 aliphatic heterocycles. The average Bonchev–Trinajstić information content (AvgIpc) is 2.13. The zero-order chi connectivity index (χ0) is 10.3. The number of rotatable bonds is 6. The fourth-order valence-electron chi connectivity index (χ4n) is 0.832. The largest absolute Gasteiger partial charge is 0.469 e. The third kappa shape index (κ3) is 5.60. The van der Waals surface area contributed by atoms with Crippen LogP contribution in [0.25, 0.3) is 0 Å². The Morgan fingerprint density at radius 2 is 1.92 bits per heavy atom. The van der Waals surface area contributed by atoms with Crippen molar-refractivity contribution in [2.45, 2.75) is 27.1 Å². The smallest absolute Gasteiger partial charge is 0.310 e. The zero-order valence-electron chi connectivity index (χ0n) is 8.70. The second-order valence-electron chi connectivity index (χ2n) is 2.78. The number of hydrogen-bond donors (Lipinski definition) is 0. The van der Waals surface area contributed by atoms with E-state index in [4.69, 9.17) is 9.47 Å². The molecule has 0 amide bonds. The molecule has 1 unspecified atom stereocenters. The topological polar surface area (TPSA) is 44.8 Å². The van der Waals surface area contributed by atoms with Crippen molar-refractivity contribution in [3.8, 4) is 0 Å². The van der Waals surface area contributed by atoms with Gasteiger partial charge in [0, 0.05) is 6.61 Å². The van der Waals surface area contributed by atoms with Crippen LogP contribution in [0.1, 0.15) is 20.8 Å². The lowest BCUT2D eigenvalue weighted by Crippen LogP contribution is -2.22. The van der Waals surface area contributed by atoms with Gasteiger partial charge in [0.15, 0.2) is 6.29 Å². The summed E-state index contributed by atoms with van der Waals surface area (Å²) in [4.78, 5) is 10.9. The highest BCUT2D eigenvalue weighted by molar-refractivity contribution is 5.71. The van der Waals surface area contributed by atoms with Gasteiger partial charge in [0.2, 0.25) is 0 Å². The van der Waals surface area contributed by atoms with Crippen LogP contribution in [0.4, 0.5) is 0 Å². The van der Waals surface area contributed by atoms with E-state index in [1.54, 1.807) is 13.8 Å². The van der Waals surface area contributed by atoms with Gasteiger partial charge in [0.25, 0.3) is 0 Å². The predicted molar refractivity (Wildman–Crippen MR) is 48.2 cm³/mol. The molecule has 0 rings (SSSR count). The molecule has 0 aromatic rings. The van der Waals surface area contributed by atoms with Gasteiger partial charge in [0.1, 0.15) is 0 Å². The Kier molecular flexibility index (Phi) is 6.54. The predicted octanol–water partition coefficient (Wildman–Crippen LogP) is 1.19. The SMILES string of the molecule is CCOC(C)OC[C@@H](C)C(=O)OC. The van der Waals surface area contributed by atoms with E-state index < -0.39 is 0 Å². The fraction of sp³-hybridized carbons (Fsp3) is 0.889. The number of methoxy groups -OCH3 is 1. The van der Waals surface area contributed by atoms with Crippen molar-refractivity contribution < 1.29 is 19.0 Å². The highest BCUT2D eigenvalue weighted by Gasteiger charge is 2.14. The Morgan fingerprint density at radius 3 is 2.38 bits per heavy atom. The summed E-state index contributed by atoms with van der Waals surface area (Å²) in [6, 6.07) is 0. The number of carbonyl (C=O) groups excluding carboxylic acids is 1. The van der Waals surface area contributed by atoms with Crippen LogP contribution in [-0.4, -0.2) is 32.6 Å². The standard InChI is InChI=1S/C9H18O4/c1-5-12-8(3)13-6-7(2)9(10)11-4/h7-8H,5-6H2,1-4H3/t7-,8?/m1/s1. The van der Waals surface area contributed by atoms with Gasteiger partial charge < -0.3 is 14.2 Å². The Balaban J connectivity index is 3.56. The number of hydrogen-bond acceptors (Lipinski definition) is 4. The van der Waals surface area contributed by atoms with E-state index in [1.807, 2.05) is 6.92 Å². The molecular weight excluding hydrogens is 172 g/mol. The van der Waals surface area contributed by atoms with Crippen molar-refractivity contribution in [2.75, 3.05) is 20.3 Å².